The van der Waals surface area contributed by atoms with Gasteiger partial charge in [0.1, 0.15) is 0 Å². The van der Waals surface area contributed by atoms with Gasteiger partial charge in [-0.1, -0.05) is 12.1 Å². The summed E-state index contributed by atoms with van der Waals surface area (Å²) in [4.78, 5) is 0. The summed E-state index contributed by atoms with van der Waals surface area (Å²) in [6.07, 6.45) is 2.56. The van der Waals surface area contributed by atoms with Crippen LogP contribution >= 0.6 is 38.5 Å². The van der Waals surface area contributed by atoms with E-state index in [0.29, 0.717) is 6.04 Å². The lowest BCUT2D eigenvalue weighted by molar-refractivity contribution is 0.644. The fraction of sp³-hybridized carbons (Fsp3) is 0.400. The third kappa shape index (κ3) is 2.07. The van der Waals surface area contributed by atoms with E-state index in [1.165, 1.54) is 26.4 Å². The maximum absolute atomic E-state index is 3.64. The van der Waals surface area contributed by atoms with E-state index in [4.69, 9.17) is 0 Å². The summed E-state index contributed by atoms with van der Waals surface area (Å²) >= 11 is 6.00. The Morgan fingerprint density at radius 1 is 1.46 bits per heavy atom. The summed E-state index contributed by atoms with van der Waals surface area (Å²) in [5.74, 6) is 0. The highest BCUT2D eigenvalue weighted by molar-refractivity contribution is 14.1. The summed E-state index contributed by atoms with van der Waals surface area (Å²) in [7, 11) is 0. The van der Waals surface area contributed by atoms with Crippen molar-refractivity contribution in [3.63, 3.8) is 0 Å². The molecule has 1 atom stereocenters. The van der Waals surface area contributed by atoms with E-state index in [-0.39, 0.29) is 0 Å². The van der Waals surface area contributed by atoms with Gasteiger partial charge >= 0.3 is 0 Å². The van der Waals surface area contributed by atoms with Crippen molar-refractivity contribution in [2.24, 2.45) is 0 Å². The quantitative estimate of drug-likeness (QED) is 0.764. The second kappa shape index (κ2) is 4.28. The Hall–Kier alpha value is 0.390. The summed E-state index contributed by atoms with van der Waals surface area (Å²) in [6.45, 7) is 1.16. The minimum atomic E-state index is 0.559. The molecule has 70 valence electrons. The molecule has 0 aromatic heterocycles. The third-order valence-corrected chi connectivity index (χ3v) is 4.94. The van der Waals surface area contributed by atoms with Gasteiger partial charge in [-0.05, 0) is 69.5 Å². The molecule has 1 nitrogen and oxygen atoms in total. The minimum Gasteiger partial charge on any atom is -0.310 e. The number of nitrogens with one attached hydrogen (secondary N) is 1. The highest BCUT2D eigenvalue weighted by Gasteiger charge is 2.18. The molecule has 0 saturated carbocycles. The first-order valence-corrected chi connectivity index (χ1v) is 6.33. The number of hydrogen-bond donors (Lipinski definition) is 1. The average molecular weight is 352 g/mol. The molecule has 0 aliphatic carbocycles. The summed E-state index contributed by atoms with van der Waals surface area (Å²) in [5.41, 5.74) is 1.41. The van der Waals surface area contributed by atoms with E-state index in [0.717, 1.165) is 6.54 Å². The van der Waals surface area contributed by atoms with Crippen molar-refractivity contribution in [3.05, 3.63) is 31.8 Å². The van der Waals surface area contributed by atoms with E-state index in [1.54, 1.807) is 0 Å². The summed E-state index contributed by atoms with van der Waals surface area (Å²) < 4.78 is 2.55. The molecule has 1 N–H and O–H groups in total. The van der Waals surface area contributed by atoms with Crippen molar-refractivity contribution >= 4 is 38.5 Å². The Bertz CT molecular complexity index is 308. The van der Waals surface area contributed by atoms with Crippen LogP contribution in [0.4, 0.5) is 0 Å². The molecule has 3 heteroatoms. The first-order chi connectivity index (χ1) is 6.29. The van der Waals surface area contributed by atoms with Crippen molar-refractivity contribution in [1.29, 1.82) is 0 Å². The topological polar surface area (TPSA) is 12.0 Å². The molecule has 1 aromatic rings. The monoisotopic (exact) mass is 351 g/mol. The molecule has 0 spiro atoms. The van der Waals surface area contributed by atoms with Crippen LogP contribution in [0.5, 0.6) is 0 Å². The Morgan fingerprint density at radius 3 is 3.00 bits per heavy atom. The van der Waals surface area contributed by atoms with Crippen LogP contribution in [0.15, 0.2) is 22.7 Å². The Labute approximate surface area is 101 Å². The molecule has 13 heavy (non-hydrogen) atoms. The smallest absolute Gasteiger partial charge is 0.0356 e. The largest absolute Gasteiger partial charge is 0.310 e. The highest BCUT2D eigenvalue weighted by atomic mass is 127. The number of halogens is 2. The lowest BCUT2D eigenvalue weighted by Gasteiger charge is -2.13. The average Bonchev–Trinajstić information content (AvgIpc) is 2.62. The Kier molecular flexibility index (Phi) is 3.26. The first-order valence-electron chi connectivity index (χ1n) is 4.46. The number of benzene rings is 1. The normalized spacial score (nSPS) is 22.2. The minimum absolute atomic E-state index is 0.559. The Balaban J connectivity index is 2.33. The molecule has 1 heterocycles. The molecule has 0 bridgehead atoms. The van der Waals surface area contributed by atoms with Gasteiger partial charge in [-0.15, -0.1) is 0 Å². The van der Waals surface area contributed by atoms with Gasteiger partial charge in [0, 0.05) is 14.1 Å². The molecule has 1 aromatic carbocycles. The Morgan fingerprint density at radius 2 is 2.31 bits per heavy atom. The van der Waals surface area contributed by atoms with Gasteiger partial charge in [-0.2, -0.15) is 0 Å². The fourth-order valence-electron chi connectivity index (χ4n) is 1.74. The number of rotatable bonds is 1. The van der Waals surface area contributed by atoms with Crippen LogP contribution in [0, 0.1) is 3.57 Å². The SMILES string of the molecule is Brc1c(I)cccc1[C@H]1CCCN1. The van der Waals surface area contributed by atoms with E-state index >= 15 is 0 Å². The van der Waals surface area contributed by atoms with Crippen LogP contribution in [0.25, 0.3) is 0 Å². The van der Waals surface area contributed by atoms with Gasteiger partial charge in [0.05, 0.1) is 0 Å². The lowest BCUT2D eigenvalue weighted by atomic mass is 10.1. The van der Waals surface area contributed by atoms with Crippen LogP contribution in [0.3, 0.4) is 0 Å². The van der Waals surface area contributed by atoms with E-state index < -0.39 is 0 Å². The van der Waals surface area contributed by atoms with Gasteiger partial charge in [0.15, 0.2) is 0 Å². The van der Waals surface area contributed by atoms with Crippen molar-refractivity contribution in [2.75, 3.05) is 6.54 Å². The fourth-order valence-corrected chi connectivity index (χ4v) is 2.80. The molecular formula is C10H11BrIN. The predicted octanol–water partition coefficient (Wildman–Crippen LogP) is 3.48. The lowest BCUT2D eigenvalue weighted by Crippen LogP contribution is -2.13. The molecule has 0 amide bonds. The van der Waals surface area contributed by atoms with E-state index in [1.807, 2.05) is 0 Å². The van der Waals surface area contributed by atoms with Crippen molar-refractivity contribution in [2.45, 2.75) is 18.9 Å². The van der Waals surface area contributed by atoms with Crippen molar-refractivity contribution in [1.82, 2.24) is 5.32 Å². The number of hydrogen-bond acceptors (Lipinski definition) is 1. The third-order valence-electron chi connectivity index (χ3n) is 2.42. The standard InChI is InChI=1S/C10H11BrIN/c11-10-7(3-1-4-8(10)12)9-5-2-6-13-9/h1,3-4,9,13H,2,5-6H2/t9-/m1/s1. The van der Waals surface area contributed by atoms with Crippen LogP contribution in [0.1, 0.15) is 24.4 Å². The summed E-state index contributed by atoms with van der Waals surface area (Å²) in [5, 5.41) is 3.51. The van der Waals surface area contributed by atoms with E-state index in [2.05, 4.69) is 62.0 Å². The molecule has 0 radical (unpaired) electrons. The second-order valence-corrected chi connectivity index (χ2v) is 5.25. The maximum atomic E-state index is 3.64. The van der Waals surface area contributed by atoms with Gasteiger partial charge in [0.2, 0.25) is 0 Å². The molecule has 1 saturated heterocycles. The first kappa shape index (κ1) is 9.93. The van der Waals surface area contributed by atoms with Crippen LogP contribution in [-0.4, -0.2) is 6.54 Å². The molecule has 0 unspecified atom stereocenters. The van der Waals surface area contributed by atoms with Gasteiger partial charge in [-0.3, -0.25) is 0 Å². The molecule has 1 aliphatic rings. The van der Waals surface area contributed by atoms with Crippen molar-refractivity contribution in [3.8, 4) is 0 Å². The van der Waals surface area contributed by atoms with Crippen LogP contribution in [-0.2, 0) is 0 Å². The van der Waals surface area contributed by atoms with Gasteiger partial charge in [0.25, 0.3) is 0 Å². The zero-order valence-electron chi connectivity index (χ0n) is 7.19. The van der Waals surface area contributed by atoms with Crippen LogP contribution in [0.2, 0.25) is 0 Å². The zero-order chi connectivity index (χ0) is 9.26. The van der Waals surface area contributed by atoms with E-state index in [9.17, 15) is 0 Å². The molecule has 1 fully saturated rings. The van der Waals surface area contributed by atoms with Gasteiger partial charge < -0.3 is 5.32 Å². The molecular weight excluding hydrogens is 341 g/mol. The predicted molar refractivity (Wildman–Crippen MR) is 66.8 cm³/mol. The zero-order valence-corrected chi connectivity index (χ0v) is 10.9. The molecule has 2 rings (SSSR count). The summed E-state index contributed by atoms with van der Waals surface area (Å²) in [6, 6.07) is 7.02. The van der Waals surface area contributed by atoms with Crippen LogP contribution < -0.4 is 5.32 Å². The highest BCUT2D eigenvalue weighted by Crippen LogP contribution is 2.32. The van der Waals surface area contributed by atoms with Crippen molar-refractivity contribution < 1.29 is 0 Å². The second-order valence-electron chi connectivity index (χ2n) is 3.29. The molecule has 1 aliphatic heterocycles. The maximum Gasteiger partial charge on any atom is 0.0356 e. The van der Waals surface area contributed by atoms with Gasteiger partial charge in [-0.25, -0.2) is 0 Å².